The predicted molar refractivity (Wildman–Crippen MR) is 98.1 cm³/mol. The van der Waals surface area contributed by atoms with E-state index in [1.807, 2.05) is 6.92 Å². The normalized spacial score (nSPS) is 23.1. The Kier molecular flexibility index (Phi) is 5.74. The second-order valence-corrected chi connectivity index (χ2v) is 7.36. The summed E-state index contributed by atoms with van der Waals surface area (Å²) in [6, 6.07) is 6.13. The van der Waals surface area contributed by atoms with Crippen LogP contribution in [0.3, 0.4) is 0 Å². The minimum Gasteiger partial charge on any atom is -0.490 e. The number of carbonyl (C=O) groups excluding carboxylic acids is 1. The number of benzene rings is 1. The zero-order valence-electron chi connectivity index (χ0n) is 15.8. The highest BCUT2D eigenvalue weighted by atomic mass is 16.5. The van der Waals surface area contributed by atoms with E-state index in [2.05, 4.69) is 29.9 Å². The summed E-state index contributed by atoms with van der Waals surface area (Å²) < 4.78 is 12.0. The largest absolute Gasteiger partial charge is 0.490 e. The first-order chi connectivity index (χ1) is 12.5. The van der Waals surface area contributed by atoms with Gasteiger partial charge >= 0.3 is 11.6 Å². The molecule has 26 heavy (non-hydrogen) atoms. The Morgan fingerprint density at radius 3 is 2.81 bits per heavy atom. The molecule has 0 bridgehead atoms. The number of hydrogen-bond acceptors (Lipinski definition) is 3. The molecule has 1 saturated carbocycles. The lowest BCUT2D eigenvalue weighted by molar-refractivity contribution is -0.134. The van der Waals surface area contributed by atoms with Crippen LogP contribution in [-0.2, 0) is 16.0 Å². The Morgan fingerprint density at radius 2 is 2.12 bits per heavy atom. The molecule has 0 aromatic heterocycles. The van der Waals surface area contributed by atoms with Crippen molar-refractivity contribution in [1.82, 2.24) is 4.90 Å². The first-order valence-electron chi connectivity index (χ1n) is 9.38. The van der Waals surface area contributed by atoms with E-state index in [9.17, 15) is 4.79 Å². The molecule has 1 aliphatic heterocycles. The fourth-order valence-corrected chi connectivity index (χ4v) is 3.70. The van der Waals surface area contributed by atoms with Gasteiger partial charge in [-0.15, -0.1) is 0 Å². The molecule has 6 nitrogen and oxygen atoms in total. The molecular weight excluding hydrogens is 330 g/mol. The topological polar surface area (TPSA) is 75.2 Å². The van der Waals surface area contributed by atoms with Crippen LogP contribution in [0.25, 0.3) is 5.53 Å². The molecule has 1 aromatic rings. The van der Waals surface area contributed by atoms with Crippen molar-refractivity contribution in [1.29, 1.82) is 0 Å². The average molecular weight is 357 g/mol. The molecule has 0 radical (unpaired) electrons. The maximum Gasteiger partial charge on any atom is 0.353 e. The lowest BCUT2D eigenvalue weighted by atomic mass is 10.1. The van der Waals surface area contributed by atoms with Crippen LogP contribution >= 0.6 is 0 Å². The van der Waals surface area contributed by atoms with Gasteiger partial charge in [0.05, 0.1) is 18.8 Å². The van der Waals surface area contributed by atoms with Crippen LogP contribution in [0.2, 0.25) is 0 Å². The Balaban J connectivity index is 1.75. The summed E-state index contributed by atoms with van der Waals surface area (Å²) in [4.78, 5) is 17.2. The third-order valence-corrected chi connectivity index (χ3v) is 5.27. The summed E-state index contributed by atoms with van der Waals surface area (Å²) >= 11 is 0. The van der Waals surface area contributed by atoms with Gasteiger partial charge in [0.15, 0.2) is 0 Å². The van der Waals surface area contributed by atoms with Crippen LogP contribution < -0.4 is 4.74 Å². The molecule has 2 aliphatic rings. The van der Waals surface area contributed by atoms with E-state index in [-0.39, 0.29) is 23.9 Å². The first-order valence-corrected chi connectivity index (χ1v) is 9.38. The molecular formula is C20H27N3O3. The van der Waals surface area contributed by atoms with Crippen molar-refractivity contribution in [2.75, 3.05) is 6.61 Å². The fraction of sp³-hybridized carbons (Fsp3) is 0.600. The van der Waals surface area contributed by atoms with Gasteiger partial charge in [0.2, 0.25) is 0 Å². The number of nitrogens with zero attached hydrogens (tertiary/aromatic N) is 3. The van der Waals surface area contributed by atoms with Crippen LogP contribution in [0.15, 0.2) is 18.2 Å². The van der Waals surface area contributed by atoms with Crippen LogP contribution in [0, 0.1) is 6.92 Å². The summed E-state index contributed by atoms with van der Waals surface area (Å²) in [6.45, 7) is 5.97. The molecule has 1 saturated heterocycles. The van der Waals surface area contributed by atoms with E-state index >= 15 is 0 Å². The third kappa shape index (κ3) is 3.97. The molecule has 140 valence electrons. The zero-order valence-corrected chi connectivity index (χ0v) is 15.8. The third-order valence-electron chi connectivity index (χ3n) is 5.27. The minimum absolute atomic E-state index is 0.0520. The lowest BCUT2D eigenvalue weighted by Gasteiger charge is -2.25. The molecule has 1 amide bonds. The minimum atomic E-state index is -0.365. The number of hydrogen-bond donors (Lipinski definition) is 0. The first kappa shape index (κ1) is 18.6. The highest BCUT2D eigenvalue weighted by molar-refractivity contribution is 6.35. The standard InChI is InChI=1S/C20H27N3O3/c1-13-8-9-16(10-18(13)26-17-6-4-5-7-17)11-19-23(14(2)12-25-19)20(24)15(3)22-21/h8-10,14,17,19H,4-7,11-12H2,1-3H3/t14-,19?/m1/s1. The van der Waals surface area contributed by atoms with Crippen LogP contribution in [0.4, 0.5) is 0 Å². The van der Waals surface area contributed by atoms with Crippen LogP contribution in [0.1, 0.15) is 50.7 Å². The monoisotopic (exact) mass is 357 g/mol. The number of rotatable bonds is 5. The number of amides is 1. The summed E-state index contributed by atoms with van der Waals surface area (Å²) in [5.41, 5.74) is 11.2. The van der Waals surface area contributed by atoms with Gasteiger partial charge in [-0.2, -0.15) is 4.79 Å². The summed E-state index contributed by atoms with van der Waals surface area (Å²) in [5.74, 6) is 0.628. The highest BCUT2D eigenvalue weighted by Gasteiger charge is 2.38. The summed E-state index contributed by atoms with van der Waals surface area (Å²) in [6.07, 6.45) is 5.24. The van der Waals surface area contributed by atoms with E-state index in [1.165, 1.54) is 19.8 Å². The second-order valence-electron chi connectivity index (χ2n) is 7.36. The van der Waals surface area contributed by atoms with Gasteiger partial charge in [0.1, 0.15) is 12.0 Å². The van der Waals surface area contributed by atoms with Gasteiger partial charge in [-0.05, 0) is 56.7 Å². The van der Waals surface area contributed by atoms with Crippen molar-refractivity contribution >= 4 is 11.6 Å². The maximum atomic E-state index is 12.5. The Hall–Kier alpha value is -2.17. The molecule has 1 aromatic carbocycles. The second kappa shape index (κ2) is 8.02. The summed E-state index contributed by atoms with van der Waals surface area (Å²) in [7, 11) is 0. The van der Waals surface area contributed by atoms with Crippen molar-refractivity contribution in [2.45, 2.75) is 71.2 Å². The van der Waals surface area contributed by atoms with Crippen molar-refractivity contribution < 1.29 is 19.1 Å². The quantitative estimate of drug-likeness (QED) is 0.461. The van der Waals surface area contributed by atoms with Gasteiger partial charge in [0, 0.05) is 13.3 Å². The molecule has 2 atom stereocenters. The van der Waals surface area contributed by atoms with Gasteiger partial charge < -0.3 is 19.9 Å². The zero-order chi connectivity index (χ0) is 18.7. The number of aryl methyl sites for hydroxylation is 1. The van der Waals surface area contributed by atoms with Crippen LogP contribution in [-0.4, -0.2) is 46.3 Å². The van der Waals surface area contributed by atoms with Crippen molar-refractivity contribution in [3.8, 4) is 5.75 Å². The van der Waals surface area contributed by atoms with E-state index in [4.69, 9.17) is 15.0 Å². The fourth-order valence-electron chi connectivity index (χ4n) is 3.70. The molecule has 3 rings (SSSR count). The number of carbonyl (C=O) groups is 1. The van der Waals surface area contributed by atoms with Crippen LogP contribution in [0.5, 0.6) is 5.75 Å². The van der Waals surface area contributed by atoms with Crippen molar-refractivity contribution in [3.63, 3.8) is 0 Å². The predicted octanol–water partition coefficient (Wildman–Crippen LogP) is 3.12. The summed E-state index contributed by atoms with van der Waals surface area (Å²) in [5, 5.41) is 0. The average Bonchev–Trinajstić information content (AvgIpc) is 3.26. The van der Waals surface area contributed by atoms with Gasteiger partial charge in [-0.1, -0.05) is 12.1 Å². The molecule has 6 heteroatoms. The molecule has 1 aliphatic carbocycles. The smallest absolute Gasteiger partial charge is 0.353 e. The van der Waals surface area contributed by atoms with Gasteiger partial charge in [-0.3, -0.25) is 4.79 Å². The molecule has 0 spiro atoms. The van der Waals surface area contributed by atoms with E-state index in [0.29, 0.717) is 19.1 Å². The lowest BCUT2D eigenvalue weighted by Crippen LogP contribution is -2.44. The Labute approximate surface area is 154 Å². The highest BCUT2D eigenvalue weighted by Crippen LogP contribution is 2.29. The SMILES string of the molecule is CC(=[N+]=[N-])C(=O)N1C(Cc2ccc(C)c(OC3CCCC3)c2)OC[C@H]1C. The number of ether oxygens (including phenoxy) is 2. The molecule has 1 heterocycles. The molecule has 1 unspecified atom stereocenters. The van der Waals surface area contributed by atoms with E-state index < -0.39 is 0 Å². The van der Waals surface area contributed by atoms with Crippen molar-refractivity contribution in [3.05, 3.63) is 34.9 Å². The van der Waals surface area contributed by atoms with E-state index in [0.717, 1.165) is 29.7 Å². The van der Waals surface area contributed by atoms with Crippen molar-refractivity contribution in [2.24, 2.45) is 0 Å². The van der Waals surface area contributed by atoms with E-state index in [1.54, 1.807) is 4.90 Å². The Morgan fingerprint density at radius 1 is 1.38 bits per heavy atom. The van der Waals surface area contributed by atoms with Gasteiger partial charge in [0.25, 0.3) is 0 Å². The Bertz CT molecular complexity index is 721. The molecule has 2 fully saturated rings. The van der Waals surface area contributed by atoms with Gasteiger partial charge in [-0.25, -0.2) is 0 Å². The molecule has 0 N–H and O–H groups in total. The maximum absolute atomic E-state index is 12.5.